The second-order valence-corrected chi connectivity index (χ2v) is 6.38. The highest BCUT2D eigenvalue weighted by Crippen LogP contribution is 2.28. The molecular formula is C14H16BrClF2N2O. The maximum Gasteiger partial charge on any atom is 0.259 e. The molecule has 2 atom stereocenters. The van der Waals surface area contributed by atoms with Gasteiger partial charge in [0.2, 0.25) is 0 Å². The van der Waals surface area contributed by atoms with E-state index in [2.05, 4.69) is 21.2 Å². The van der Waals surface area contributed by atoms with Crippen LogP contribution in [-0.2, 0) is 0 Å². The van der Waals surface area contributed by atoms with Crippen molar-refractivity contribution in [3.8, 4) is 0 Å². The van der Waals surface area contributed by atoms with Gasteiger partial charge in [-0.1, -0.05) is 15.9 Å². The van der Waals surface area contributed by atoms with Crippen LogP contribution in [0.3, 0.4) is 0 Å². The average Bonchev–Trinajstić information content (AvgIpc) is 2.84. The molecule has 3 nitrogen and oxygen atoms in total. The number of nitrogens with one attached hydrogen (secondary N) is 1. The van der Waals surface area contributed by atoms with Gasteiger partial charge in [-0.25, -0.2) is 8.78 Å². The van der Waals surface area contributed by atoms with Crippen molar-refractivity contribution in [2.75, 3.05) is 26.2 Å². The Hall–Kier alpha value is -0.720. The number of carbonyl (C=O) groups is 1. The summed E-state index contributed by atoms with van der Waals surface area (Å²) < 4.78 is 28.0. The number of halogens is 4. The lowest BCUT2D eigenvalue weighted by atomic mass is 9.88. The van der Waals surface area contributed by atoms with Crippen molar-refractivity contribution in [3.63, 3.8) is 0 Å². The third-order valence-electron chi connectivity index (χ3n) is 4.21. The molecule has 0 saturated carbocycles. The van der Waals surface area contributed by atoms with Gasteiger partial charge in [-0.15, -0.1) is 12.4 Å². The minimum absolute atomic E-state index is 0. The minimum atomic E-state index is -0.812. The number of rotatable bonds is 1. The van der Waals surface area contributed by atoms with E-state index in [0.29, 0.717) is 29.4 Å². The molecule has 7 heteroatoms. The van der Waals surface area contributed by atoms with Crippen molar-refractivity contribution in [1.29, 1.82) is 0 Å². The molecule has 2 aliphatic rings. The van der Waals surface area contributed by atoms with E-state index < -0.39 is 23.1 Å². The van der Waals surface area contributed by atoms with E-state index in [1.54, 1.807) is 4.90 Å². The predicted octanol–water partition coefficient (Wildman–Crippen LogP) is 2.83. The van der Waals surface area contributed by atoms with Crippen molar-refractivity contribution in [2.45, 2.75) is 6.42 Å². The van der Waals surface area contributed by atoms with Crippen molar-refractivity contribution < 1.29 is 13.6 Å². The lowest BCUT2D eigenvalue weighted by Crippen LogP contribution is -2.44. The zero-order valence-electron chi connectivity index (χ0n) is 11.2. The summed E-state index contributed by atoms with van der Waals surface area (Å²) in [5.41, 5.74) is -0.447. The van der Waals surface area contributed by atoms with Crippen molar-refractivity contribution in [2.24, 2.45) is 11.8 Å². The summed E-state index contributed by atoms with van der Waals surface area (Å²) in [4.78, 5) is 13.9. The van der Waals surface area contributed by atoms with E-state index in [-0.39, 0.29) is 12.4 Å². The first-order valence-corrected chi connectivity index (χ1v) is 7.50. The topological polar surface area (TPSA) is 32.3 Å². The summed E-state index contributed by atoms with van der Waals surface area (Å²) in [7, 11) is 0. The molecule has 21 heavy (non-hydrogen) atoms. The number of piperidine rings is 1. The van der Waals surface area contributed by atoms with E-state index >= 15 is 0 Å². The zero-order valence-corrected chi connectivity index (χ0v) is 13.6. The standard InChI is InChI=1S/C14H15BrF2N2O.ClH/c15-10-3-11(16)13(12(17)4-10)14(20)19-2-1-8-5-18-6-9(8)7-19;/h3-4,8-9,18H,1-2,5-7H2;1H. The quantitative estimate of drug-likeness (QED) is 0.811. The summed E-state index contributed by atoms with van der Waals surface area (Å²) in [6.45, 7) is 3.00. The van der Waals surface area contributed by atoms with Crippen LogP contribution in [0.4, 0.5) is 8.78 Å². The Balaban J connectivity index is 0.00000161. The predicted molar refractivity (Wildman–Crippen MR) is 81.7 cm³/mol. The molecule has 2 saturated heterocycles. The maximum absolute atomic E-state index is 13.9. The fourth-order valence-electron chi connectivity index (χ4n) is 3.12. The lowest BCUT2D eigenvalue weighted by Gasteiger charge is -2.34. The molecule has 1 amide bonds. The Kier molecular flexibility index (Phi) is 5.22. The number of hydrogen-bond donors (Lipinski definition) is 1. The van der Waals surface area contributed by atoms with E-state index in [9.17, 15) is 13.6 Å². The molecule has 1 N–H and O–H groups in total. The molecule has 0 spiro atoms. The largest absolute Gasteiger partial charge is 0.338 e. The number of fused-ring (bicyclic) bond motifs is 1. The molecule has 0 aromatic heterocycles. The maximum atomic E-state index is 13.9. The summed E-state index contributed by atoms with van der Waals surface area (Å²) in [6, 6.07) is 2.25. The van der Waals surface area contributed by atoms with Crippen LogP contribution in [0.25, 0.3) is 0 Å². The molecule has 116 valence electrons. The van der Waals surface area contributed by atoms with Gasteiger partial charge in [0.1, 0.15) is 17.2 Å². The van der Waals surface area contributed by atoms with Crippen LogP contribution in [-0.4, -0.2) is 37.0 Å². The molecule has 1 aromatic rings. The Morgan fingerprint density at radius 1 is 1.24 bits per heavy atom. The first kappa shape index (κ1) is 16.6. The van der Waals surface area contributed by atoms with E-state index in [1.165, 1.54) is 0 Å². The molecule has 2 aliphatic heterocycles. The molecular weight excluding hydrogens is 366 g/mol. The lowest BCUT2D eigenvalue weighted by molar-refractivity contribution is 0.0632. The Morgan fingerprint density at radius 2 is 1.86 bits per heavy atom. The van der Waals surface area contributed by atoms with Gasteiger partial charge < -0.3 is 10.2 Å². The molecule has 1 aromatic carbocycles. The molecule has 0 radical (unpaired) electrons. The SMILES string of the molecule is Cl.O=C(c1c(F)cc(Br)cc1F)N1CCC2CNCC2C1. The summed E-state index contributed by atoms with van der Waals surface area (Å²) in [6.07, 6.45) is 0.892. The van der Waals surface area contributed by atoms with E-state index in [0.717, 1.165) is 31.6 Å². The summed E-state index contributed by atoms with van der Waals surface area (Å²) in [5.74, 6) is -1.19. The monoisotopic (exact) mass is 380 g/mol. The van der Waals surface area contributed by atoms with Crippen molar-refractivity contribution >= 4 is 34.2 Å². The van der Waals surface area contributed by atoms with Crippen LogP contribution in [0.2, 0.25) is 0 Å². The highest BCUT2D eigenvalue weighted by atomic mass is 79.9. The number of benzene rings is 1. The molecule has 0 aliphatic carbocycles. The second kappa shape index (κ2) is 6.58. The zero-order chi connectivity index (χ0) is 14.3. The van der Waals surface area contributed by atoms with Crippen LogP contribution >= 0.6 is 28.3 Å². The highest BCUT2D eigenvalue weighted by Gasteiger charge is 2.36. The van der Waals surface area contributed by atoms with E-state index in [1.807, 2.05) is 0 Å². The number of amides is 1. The van der Waals surface area contributed by atoms with Gasteiger partial charge >= 0.3 is 0 Å². The van der Waals surface area contributed by atoms with Crippen LogP contribution in [0, 0.1) is 23.5 Å². The number of carbonyl (C=O) groups excluding carboxylic acids is 1. The van der Waals surface area contributed by atoms with Gasteiger partial charge in [-0.3, -0.25) is 4.79 Å². The number of hydrogen-bond acceptors (Lipinski definition) is 2. The van der Waals surface area contributed by atoms with E-state index in [4.69, 9.17) is 0 Å². The molecule has 2 heterocycles. The normalized spacial score (nSPS) is 24.4. The minimum Gasteiger partial charge on any atom is -0.338 e. The van der Waals surface area contributed by atoms with Gasteiger partial charge in [0.25, 0.3) is 5.91 Å². The molecule has 2 unspecified atom stereocenters. The molecule has 2 fully saturated rings. The number of nitrogens with zero attached hydrogens (tertiary/aromatic N) is 1. The van der Waals surface area contributed by atoms with Gasteiger partial charge in [0.05, 0.1) is 0 Å². The van der Waals surface area contributed by atoms with Crippen LogP contribution in [0.1, 0.15) is 16.8 Å². The summed E-state index contributed by atoms with van der Waals surface area (Å²) in [5, 5.41) is 3.30. The van der Waals surface area contributed by atoms with Crippen LogP contribution in [0.5, 0.6) is 0 Å². The Morgan fingerprint density at radius 3 is 2.52 bits per heavy atom. The van der Waals surface area contributed by atoms with Crippen molar-refractivity contribution in [3.05, 3.63) is 33.8 Å². The van der Waals surface area contributed by atoms with Crippen molar-refractivity contribution in [1.82, 2.24) is 10.2 Å². The summed E-state index contributed by atoms with van der Waals surface area (Å²) >= 11 is 3.02. The van der Waals surface area contributed by atoms with Crippen LogP contribution < -0.4 is 5.32 Å². The Labute approximate surface area is 136 Å². The second-order valence-electron chi connectivity index (χ2n) is 5.46. The average molecular weight is 382 g/mol. The first-order valence-electron chi connectivity index (χ1n) is 6.71. The number of likely N-dealkylation sites (tertiary alicyclic amines) is 1. The van der Waals surface area contributed by atoms with Gasteiger partial charge in [-0.2, -0.15) is 0 Å². The van der Waals surface area contributed by atoms with Gasteiger partial charge in [-0.05, 0) is 43.5 Å². The fourth-order valence-corrected chi connectivity index (χ4v) is 3.53. The first-order chi connectivity index (χ1) is 9.56. The molecule has 0 bridgehead atoms. The third-order valence-corrected chi connectivity index (χ3v) is 4.67. The third kappa shape index (κ3) is 3.22. The van der Waals surface area contributed by atoms with Crippen LogP contribution in [0.15, 0.2) is 16.6 Å². The highest BCUT2D eigenvalue weighted by molar-refractivity contribution is 9.10. The van der Waals surface area contributed by atoms with Gasteiger partial charge in [0, 0.05) is 17.6 Å². The fraction of sp³-hybridized carbons (Fsp3) is 0.500. The van der Waals surface area contributed by atoms with Gasteiger partial charge in [0.15, 0.2) is 0 Å². The smallest absolute Gasteiger partial charge is 0.259 e. The Bertz CT molecular complexity index is 535. The molecule has 3 rings (SSSR count).